The average Bonchev–Trinajstić information content (AvgIpc) is 2.26. The van der Waals surface area contributed by atoms with Crippen LogP contribution < -0.4 is 11.6 Å². The Kier molecular flexibility index (Phi) is 6.80. The number of hydrogen-bond donors (Lipinski definition) is 3. The van der Waals surface area contributed by atoms with Crippen molar-refractivity contribution in [2.45, 2.75) is 6.92 Å². The van der Waals surface area contributed by atoms with Crippen molar-refractivity contribution < 1.29 is 9.90 Å². The second-order valence-electron chi connectivity index (χ2n) is 2.68. The maximum atomic E-state index is 9.00. The molecule has 1 aromatic carbocycles. The van der Waals surface area contributed by atoms with Crippen LogP contribution in [0, 0.1) is 0 Å². The molecule has 0 heterocycles. The minimum atomic E-state index is -0.833. The number of rotatable bonds is 1. The molecule has 6 heteroatoms. The minimum Gasteiger partial charge on any atom is -0.481 e. The molecule has 1 rings (SSSR count). The number of aliphatic imine (C=N–C) groups is 1. The van der Waals surface area contributed by atoms with E-state index in [-0.39, 0.29) is 5.96 Å². The third-order valence-corrected chi connectivity index (χ3v) is 1.28. The Bertz CT molecular complexity index is 370. The summed E-state index contributed by atoms with van der Waals surface area (Å²) < 4.78 is 0. The fourth-order valence-corrected chi connectivity index (χ4v) is 0.713. The molecule has 0 unspecified atom stereocenters. The van der Waals surface area contributed by atoms with Gasteiger partial charge in [-0.2, -0.15) is 0 Å². The Morgan fingerprint density at radius 1 is 1.38 bits per heavy atom. The monoisotopic (exact) mass is 222 g/mol. The number of carbonyl (C=O) groups is 1. The molecule has 0 aromatic heterocycles. The molecule has 86 valence electrons. The quantitative estimate of drug-likeness (QED) is 0.276. The van der Waals surface area contributed by atoms with Crippen molar-refractivity contribution in [1.82, 2.24) is 0 Å². The molecule has 16 heavy (non-hydrogen) atoms. The molecule has 0 bridgehead atoms. The van der Waals surface area contributed by atoms with Crippen molar-refractivity contribution in [3.8, 4) is 0 Å². The number of aliphatic carboxylic acids is 1. The number of guanidine groups is 1. The molecule has 0 aliphatic rings. The lowest BCUT2D eigenvalue weighted by Crippen LogP contribution is -2.10. The van der Waals surface area contributed by atoms with E-state index in [1.165, 1.54) is 0 Å². The van der Waals surface area contributed by atoms with Gasteiger partial charge in [-0.15, -0.1) is 5.10 Å². The van der Waals surface area contributed by atoms with Crippen LogP contribution in [0.1, 0.15) is 12.5 Å². The third-order valence-electron chi connectivity index (χ3n) is 1.28. The Hall–Kier alpha value is -2.37. The number of hydrazone groups is 1. The Morgan fingerprint density at radius 3 is 2.31 bits per heavy atom. The molecule has 0 saturated carbocycles. The first-order valence-corrected chi connectivity index (χ1v) is 4.38. The van der Waals surface area contributed by atoms with Gasteiger partial charge < -0.3 is 16.7 Å². The largest absolute Gasteiger partial charge is 0.481 e. The number of hydrogen-bond acceptors (Lipinski definition) is 3. The van der Waals surface area contributed by atoms with Crippen molar-refractivity contribution in [2.75, 3.05) is 0 Å². The van der Waals surface area contributed by atoms with Crippen LogP contribution >= 0.6 is 0 Å². The second kappa shape index (κ2) is 7.98. The second-order valence-corrected chi connectivity index (χ2v) is 2.68. The van der Waals surface area contributed by atoms with E-state index in [1.807, 2.05) is 30.3 Å². The minimum absolute atomic E-state index is 0.0684. The predicted molar refractivity (Wildman–Crippen MR) is 63.2 cm³/mol. The summed E-state index contributed by atoms with van der Waals surface area (Å²) in [6.07, 6.45) is 1.60. The van der Waals surface area contributed by atoms with Crippen LogP contribution in [0.5, 0.6) is 0 Å². The van der Waals surface area contributed by atoms with Gasteiger partial charge >= 0.3 is 0 Å². The lowest BCUT2D eigenvalue weighted by atomic mass is 10.2. The molecular weight excluding hydrogens is 208 g/mol. The van der Waals surface area contributed by atoms with E-state index in [4.69, 9.17) is 21.5 Å². The molecule has 0 spiro atoms. The van der Waals surface area contributed by atoms with Crippen LogP contribution in [-0.4, -0.2) is 23.2 Å². The molecular formula is C10H14N4O2. The van der Waals surface area contributed by atoms with Crippen molar-refractivity contribution >= 4 is 18.1 Å². The molecule has 0 amide bonds. The summed E-state index contributed by atoms with van der Waals surface area (Å²) in [5, 5.41) is 10.6. The zero-order valence-corrected chi connectivity index (χ0v) is 8.87. The van der Waals surface area contributed by atoms with Crippen LogP contribution in [0.15, 0.2) is 40.4 Å². The zero-order chi connectivity index (χ0) is 12.4. The first-order chi connectivity index (χ1) is 7.56. The smallest absolute Gasteiger partial charge is 0.300 e. The summed E-state index contributed by atoms with van der Waals surface area (Å²) in [5.41, 5.74) is 6.21. The van der Waals surface area contributed by atoms with Gasteiger partial charge in [0.15, 0.2) is 0 Å². The van der Waals surface area contributed by atoms with Gasteiger partial charge in [0.1, 0.15) is 0 Å². The van der Waals surface area contributed by atoms with Gasteiger partial charge in [-0.3, -0.25) is 4.79 Å². The number of benzene rings is 1. The molecule has 5 N–H and O–H groups in total. The van der Waals surface area contributed by atoms with Crippen LogP contribution in [0.2, 0.25) is 0 Å². The summed E-state index contributed by atoms with van der Waals surface area (Å²) in [5.74, 6) is 4.12. The number of nitrogens with two attached hydrogens (primary N) is 2. The Morgan fingerprint density at radius 2 is 1.88 bits per heavy atom. The molecule has 0 aliphatic heterocycles. The first-order valence-electron chi connectivity index (χ1n) is 4.38. The van der Waals surface area contributed by atoms with Crippen molar-refractivity contribution in [3.05, 3.63) is 35.9 Å². The highest BCUT2D eigenvalue weighted by molar-refractivity contribution is 5.92. The standard InChI is InChI=1S/C8H10N4.C2H4O2/c9-8(12-10)11-6-7-4-2-1-3-5-7;1-2(3)4/h1-6H,10H2,(H2,9,12);1H3,(H,3,4). The highest BCUT2D eigenvalue weighted by atomic mass is 16.4. The van der Waals surface area contributed by atoms with Crippen LogP contribution in [0.25, 0.3) is 0 Å². The van der Waals surface area contributed by atoms with Gasteiger partial charge in [-0.25, -0.2) is 4.99 Å². The molecule has 0 aliphatic carbocycles. The van der Waals surface area contributed by atoms with Crippen molar-refractivity contribution in [3.63, 3.8) is 0 Å². The molecule has 6 nitrogen and oxygen atoms in total. The summed E-state index contributed by atoms with van der Waals surface area (Å²) in [7, 11) is 0. The number of carboxylic acids is 1. The van der Waals surface area contributed by atoms with Crippen molar-refractivity contribution in [1.29, 1.82) is 0 Å². The van der Waals surface area contributed by atoms with E-state index >= 15 is 0 Å². The average molecular weight is 222 g/mol. The van der Waals surface area contributed by atoms with Crippen LogP contribution in [-0.2, 0) is 4.79 Å². The fourth-order valence-electron chi connectivity index (χ4n) is 0.713. The lowest BCUT2D eigenvalue weighted by molar-refractivity contribution is -0.134. The van der Waals surface area contributed by atoms with Gasteiger partial charge in [0.2, 0.25) is 5.96 Å². The maximum absolute atomic E-state index is 9.00. The van der Waals surface area contributed by atoms with E-state index in [0.29, 0.717) is 0 Å². The summed E-state index contributed by atoms with van der Waals surface area (Å²) in [4.78, 5) is 12.8. The number of carboxylic acid groups (broad SMARTS) is 1. The first kappa shape index (κ1) is 13.6. The highest BCUT2D eigenvalue weighted by Gasteiger charge is 1.84. The molecule has 0 radical (unpaired) electrons. The van der Waals surface area contributed by atoms with E-state index in [2.05, 4.69) is 10.1 Å². The van der Waals surface area contributed by atoms with Gasteiger partial charge in [0.05, 0.1) is 0 Å². The van der Waals surface area contributed by atoms with Gasteiger partial charge in [-0.05, 0) is 5.56 Å². The van der Waals surface area contributed by atoms with E-state index in [9.17, 15) is 0 Å². The maximum Gasteiger partial charge on any atom is 0.300 e. The van der Waals surface area contributed by atoms with E-state index in [0.717, 1.165) is 12.5 Å². The topological polar surface area (TPSA) is 114 Å². The number of nitrogens with zero attached hydrogens (tertiary/aromatic N) is 2. The lowest BCUT2D eigenvalue weighted by Gasteiger charge is -1.90. The summed E-state index contributed by atoms with van der Waals surface area (Å²) in [6.45, 7) is 1.08. The third kappa shape index (κ3) is 8.24. The van der Waals surface area contributed by atoms with Crippen LogP contribution in [0.3, 0.4) is 0 Å². The fraction of sp³-hybridized carbons (Fsp3) is 0.100. The Balaban J connectivity index is 0.000000487. The zero-order valence-electron chi connectivity index (χ0n) is 8.87. The normalized spacial score (nSPS) is 10.7. The molecule has 0 saturated heterocycles. The highest BCUT2D eigenvalue weighted by Crippen LogP contribution is 1.93. The Labute approximate surface area is 93.3 Å². The molecule has 1 aromatic rings. The van der Waals surface area contributed by atoms with Gasteiger partial charge in [-0.1, -0.05) is 30.3 Å². The SMILES string of the molecule is CC(=O)O.NN=C(N)N=Cc1ccccc1. The van der Waals surface area contributed by atoms with Gasteiger partial charge in [0, 0.05) is 13.1 Å². The molecule has 0 fully saturated rings. The van der Waals surface area contributed by atoms with E-state index < -0.39 is 5.97 Å². The van der Waals surface area contributed by atoms with Crippen molar-refractivity contribution in [2.24, 2.45) is 21.7 Å². The van der Waals surface area contributed by atoms with Crippen LogP contribution in [0.4, 0.5) is 0 Å². The predicted octanol–water partition coefficient (Wildman–Crippen LogP) is 0.385. The molecule has 0 atom stereocenters. The van der Waals surface area contributed by atoms with Gasteiger partial charge in [0.25, 0.3) is 5.97 Å². The summed E-state index contributed by atoms with van der Waals surface area (Å²) >= 11 is 0. The summed E-state index contributed by atoms with van der Waals surface area (Å²) in [6, 6.07) is 9.58. The van der Waals surface area contributed by atoms with E-state index in [1.54, 1.807) is 6.21 Å².